The van der Waals surface area contributed by atoms with Gasteiger partial charge < -0.3 is 20.1 Å². The molecule has 1 saturated carbocycles. The summed E-state index contributed by atoms with van der Waals surface area (Å²) in [4.78, 5) is 6.86. The third kappa shape index (κ3) is 8.34. The van der Waals surface area contributed by atoms with E-state index in [2.05, 4.69) is 17.1 Å². The van der Waals surface area contributed by atoms with Crippen LogP contribution in [0.3, 0.4) is 0 Å². The number of likely N-dealkylation sites (tertiary alicyclic amines) is 1. The normalized spacial score (nSPS) is 23.0. The van der Waals surface area contributed by atoms with Gasteiger partial charge in [-0.25, -0.2) is 0 Å². The van der Waals surface area contributed by atoms with Gasteiger partial charge in [-0.1, -0.05) is 25.7 Å². The van der Waals surface area contributed by atoms with Crippen molar-refractivity contribution >= 4 is 29.9 Å². The molecule has 0 radical (unpaired) electrons. The van der Waals surface area contributed by atoms with Crippen molar-refractivity contribution < 1.29 is 9.84 Å². The summed E-state index contributed by atoms with van der Waals surface area (Å²) in [6, 6.07) is 0. The van der Waals surface area contributed by atoms with E-state index in [9.17, 15) is 5.11 Å². The Kier molecular flexibility index (Phi) is 12.0. The Hall–Kier alpha value is -0.0800. The highest BCUT2D eigenvalue weighted by Gasteiger charge is 2.22. The number of aliphatic imine (C=N–C) groups is 1. The van der Waals surface area contributed by atoms with Crippen LogP contribution in [-0.2, 0) is 4.74 Å². The van der Waals surface area contributed by atoms with Crippen molar-refractivity contribution in [3.63, 3.8) is 0 Å². The van der Waals surface area contributed by atoms with Gasteiger partial charge in [0.05, 0.1) is 12.2 Å². The molecule has 2 aliphatic rings. The molecule has 1 aliphatic carbocycles. The minimum Gasteiger partial charge on any atom is -0.391 e. The van der Waals surface area contributed by atoms with E-state index in [-0.39, 0.29) is 30.1 Å². The first-order valence-corrected chi connectivity index (χ1v) is 9.62. The van der Waals surface area contributed by atoms with Gasteiger partial charge in [-0.05, 0) is 39.0 Å². The number of rotatable bonds is 7. The molecule has 142 valence electrons. The molecular weight excluding hydrogens is 417 g/mol. The molecule has 1 heterocycles. The van der Waals surface area contributed by atoms with Crippen LogP contribution >= 0.6 is 24.0 Å². The number of halogens is 1. The Morgan fingerprint density at radius 1 is 1.17 bits per heavy atom. The summed E-state index contributed by atoms with van der Waals surface area (Å²) in [5.41, 5.74) is 0. The van der Waals surface area contributed by atoms with Crippen LogP contribution in [0.15, 0.2) is 4.99 Å². The zero-order valence-corrected chi connectivity index (χ0v) is 17.5. The summed E-state index contributed by atoms with van der Waals surface area (Å²) in [5, 5.41) is 13.0. The summed E-state index contributed by atoms with van der Waals surface area (Å²) in [6.45, 7) is 6.27. The van der Waals surface area contributed by atoms with E-state index in [1.807, 2.05) is 0 Å². The molecule has 2 rings (SSSR count). The van der Waals surface area contributed by atoms with Crippen molar-refractivity contribution in [1.29, 1.82) is 0 Å². The molecule has 0 bridgehead atoms. The van der Waals surface area contributed by atoms with Crippen molar-refractivity contribution in [1.82, 2.24) is 10.2 Å². The molecule has 1 atom stereocenters. The Labute approximate surface area is 164 Å². The lowest BCUT2D eigenvalue weighted by Crippen LogP contribution is -2.40. The SMILES string of the molecule is CCNC(=NCCCCOC1CCCCCC1)N1CC[C@@H](O)C1.I. The first-order chi connectivity index (χ1) is 11.3. The molecule has 1 aliphatic heterocycles. The number of guanidine groups is 1. The number of β-amino-alcohol motifs (C(OH)–C–C–N with tert-alkyl or cyclic N) is 1. The summed E-state index contributed by atoms with van der Waals surface area (Å²) in [5.74, 6) is 0.953. The minimum absolute atomic E-state index is 0. The smallest absolute Gasteiger partial charge is 0.194 e. The van der Waals surface area contributed by atoms with Gasteiger partial charge in [0.2, 0.25) is 0 Å². The molecule has 0 aromatic rings. The topological polar surface area (TPSA) is 57.1 Å². The quantitative estimate of drug-likeness (QED) is 0.205. The molecule has 0 spiro atoms. The average molecular weight is 453 g/mol. The third-order valence-corrected chi connectivity index (χ3v) is 4.77. The van der Waals surface area contributed by atoms with Crippen LogP contribution in [0, 0.1) is 0 Å². The highest BCUT2D eigenvalue weighted by Crippen LogP contribution is 2.20. The molecule has 6 heteroatoms. The largest absolute Gasteiger partial charge is 0.391 e. The molecule has 2 N–H and O–H groups in total. The first-order valence-electron chi connectivity index (χ1n) is 9.62. The maximum absolute atomic E-state index is 9.66. The lowest BCUT2D eigenvalue weighted by molar-refractivity contribution is 0.0412. The lowest BCUT2D eigenvalue weighted by atomic mass is 10.1. The maximum Gasteiger partial charge on any atom is 0.194 e. The van der Waals surface area contributed by atoms with E-state index in [0.717, 1.165) is 51.5 Å². The highest BCUT2D eigenvalue weighted by atomic mass is 127. The minimum atomic E-state index is -0.202. The fourth-order valence-corrected chi connectivity index (χ4v) is 3.42. The van der Waals surface area contributed by atoms with Gasteiger partial charge in [0.25, 0.3) is 0 Å². The fourth-order valence-electron chi connectivity index (χ4n) is 3.42. The van der Waals surface area contributed by atoms with Gasteiger partial charge >= 0.3 is 0 Å². The first kappa shape index (κ1) is 22.0. The molecule has 0 amide bonds. The van der Waals surface area contributed by atoms with Crippen molar-refractivity contribution in [2.24, 2.45) is 4.99 Å². The van der Waals surface area contributed by atoms with E-state index in [4.69, 9.17) is 9.73 Å². The molecule has 5 nitrogen and oxygen atoms in total. The lowest BCUT2D eigenvalue weighted by Gasteiger charge is -2.21. The van der Waals surface area contributed by atoms with Gasteiger partial charge in [-0.2, -0.15) is 0 Å². The molecule has 0 aromatic heterocycles. The number of nitrogens with zero attached hydrogens (tertiary/aromatic N) is 2. The molecule has 0 unspecified atom stereocenters. The van der Waals surface area contributed by atoms with Crippen molar-refractivity contribution in [3.8, 4) is 0 Å². The molecule has 2 fully saturated rings. The van der Waals surface area contributed by atoms with Crippen LogP contribution in [0.25, 0.3) is 0 Å². The van der Waals surface area contributed by atoms with E-state index in [1.165, 1.54) is 38.5 Å². The second-order valence-corrected chi connectivity index (χ2v) is 6.82. The van der Waals surface area contributed by atoms with Crippen LogP contribution in [-0.4, -0.2) is 61.0 Å². The van der Waals surface area contributed by atoms with Crippen LogP contribution in [0.2, 0.25) is 0 Å². The van der Waals surface area contributed by atoms with Gasteiger partial charge in [0.1, 0.15) is 0 Å². The van der Waals surface area contributed by atoms with E-state index < -0.39 is 0 Å². The second kappa shape index (κ2) is 13.2. The Balaban J connectivity index is 0.00000288. The van der Waals surface area contributed by atoms with Crippen LogP contribution in [0.1, 0.15) is 64.7 Å². The predicted octanol–water partition coefficient (Wildman–Crippen LogP) is 3.16. The second-order valence-electron chi connectivity index (χ2n) is 6.82. The van der Waals surface area contributed by atoms with E-state index >= 15 is 0 Å². The molecule has 24 heavy (non-hydrogen) atoms. The fraction of sp³-hybridized carbons (Fsp3) is 0.944. The zero-order valence-electron chi connectivity index (χ0n) is 15.2. The van der Waals surface area contributed by atoms with Crippen LogP contribution < -0.4 is 5.32 Å². The van der Waals surface area contributed by atoms with Gasteiger partial charge in [0, 0.05) is 32.8 Å². The summed E-state index contributed by atoms with van der Waals surface area (Å²) >= 11 is 0. The van der Waals surface area contributed by atoms with E-state index in [0.29, 0.717) is 12.6 Å². The monoisotopic (exact) mass is 453 g/mol. The van der Waals surface area contributed by atoms with Gasteiger partial charge in [-0.3, -0.25) is 4.99 Å². The third-order valence-electron chi connectivity index (χ3n) is 4.77. The number of unbranched alkanes of at least 4 members (excludes halogenated alkanes) is 1. The summed E-state index contributed by atoms with van der Waals surface area (Å²) < 4.78 is 6.02. The number of ether oxygens (including phenoxy) is 1. The maximum atomic E-state index is 9.66. The number of hydrogen-bond donors (Lipinski definition) is 2. The van der Waals surface area contributed by atoms with Gasteiger partial charge in [-0.15, -0.1) is 24.0 Å². The highest BCUT2D eigenvalue weighted by molar-refractivity contribution is 14.0. The summed E-state index contributed by atoms with van der Waals surface area (Å²) in [6.07, 6.45) is 11.2. The number of hydrogen-bond acceptors (Lipinski definition) is 3. The standard InChI is InChI=1S/C18H35N3O2.HI/c1-2-19-18(21-13-11-16(22)15-21)20-12-7-8-14-23-17-9-5-3-4-6-10-17;/h16-17,22H,2-15H2,1H3,(H,19,20);1H/t16-;/m1./s1. The predicted molar refractivity (Wildman–Crippen MR) is 110 cm³/mol. The number of aliphatic hydroxyl groups excluding tert-OH is 1. The van der Waals surface area contributed by atoms with Crippen LogP contribution in [0.4, 0.5) is 0 Å². The Bertz CT molecular complexity index is 347. The average Bonchev–Trinajstić information content (AvgIpc) is 2.82. The Morgan fingerprint density at radius 3 is 2.54 bits per heavy atom. The van der Waals surface area contributed by atoms with Gasteiger partial charge in [0.15, 0.2) is 5.96 Å². The van der Waals surface area contributed by atoms with Crippen molar-refractivity contribution in [3.05, 3.63) is 0 Å². The molecular formula is C18H36IN3O2. The number of nitrogens with one attached hydrogen (secondary N) is 1. The van der Waals surface area contributed by atoms with E-state index in [1.54, 1.807) is 0 Å². The van der Waals surface area contributed by atoms with Crippen molar-refractivity contribution in [2.45, 2.75) is 76.9 Å². The Morgan fingerprint density at radius 2 is 1.92 bits per heavy atom. The zero-order chi connectivity index (χ0) is 16.3. The molecule has 1 saturated heterocycles. The summed E-state index contributed by atoms with van der Waals surface area (Å²) in [7, 11) is 0. The van der Waals surface area contributed by atoms with Crippen molar-refractivity contribution in [2.75, 3.05) is 32.8 Å². The molecule has 0 aromatic carbocycles. The van der Waals surface area contributed by atoms with Crippen LogP contribution in [0.5, 0.6) is 0 Å². The number of aliphatic hydroxyl groups is 1.